The Morgan fingerprint density at radius 1 is 1.33 bits per heavy atom. The predicted octanol–water partition coefficient (Wildman–Crippen LogP) is 0.866. The molecule has 0 aromatic rings. The van der Waals surface area contributed by atoms with Crippen LogP contribution in [0.5, 0.6) is 0 Å². The zero-order chi connectivity index (χ0) is 8.01. The smallest absolute Gasteiger partial charge is 0.308 e. The third-order valence-electron chi connectivity index (χ3n) is 3.27. The van der Waals surface area contributed by atoms with Crippen molar-refractivity contribution in [2.75, 3.05) is 0 Å². The summed E-state index contributed by atoms with van der Waals surface area (Å²) in [5, 5.41) is 8.83. The molecule has 2 aliphatic rings. The molecule has 0 aliphatic heterocycles. The maximum atomic E-state index is 10.7. The Kier molecular flexibility index (Phi) is 2.64. The number of hydrogen-bond acceptors (Lipinski definition) is 2. The highest BCUT2D eigenvalue weighted by molar-refractivity contribution is 5.85. The van der Waals surface area contributed by atoms with Crippen LogP contribution in [0.1, 0.15) is 19.3 Å². The molecule has 0 radical (unpaired) electrons. The highest BCUT2D eigenvalue weighted by Gasteiger charge is 2.49. The summed E-state index contributed by atoms with van der Waals surface area (Å²) in [6.07, 6.45) is 3.28. The summed E-state index contributed by atoms with van der Waals surface area (Å²) >= 11 is 0. The fourth-order valence-corrected chi connectivity index (χ4v) is 2.70. The number of carboxylic acid groups (broad SMARTS) is 1. The molecule has 2 bridgehead atoms. The van der Waals surface area contributed by atoms with Crippen LogP contribution in [0.3, 0.4) is 0 Å². The third kappa shape index (κ3) is 1.21. The van der Waals surface area contributed by atoms with E-state index in [-0.39, 0.29) is 24.4 Å². The predicted molar refractivity (Wildman–Crippen MR) is 47.2 cm³/mol. The molecule has 0 aromatic heterocycles. The largest absolute Gasteiger partial charge is 0.481 e. The maximum absolute atomic E-state index is 10.7. The van der Waals surface area contributed by atoms with Crippen molar-refractivity contribution >= 4 is 18.4 Å². The van der Waals surface area contributed by atoms with Crippen molar-refractivity contribution in [1.29, 1.82) is 0 Å². The van der Waals surface area contributed by atoms with Gasteiger partial charge in [-0.15, -0.1) is 12.4 Å². The molecule has 0 heterocycles. The second kappa shape index (κ2) is 3.23. The quantitative estimate of drug-likeness (QED) is 0.647. The van der Waals surface area contributed by atoms with Gasteiger partial charge in [-0.2, -0.15) is 0 Å². The van der Waals surface area contributed by atoms with Gasteiger partial charge in [0.25, 0.3) is 0 Å². The topological polar surface area (TPSA) is 63.3 Å². The van der Waals surface area contributed by atoms with Crippen molar-refractivity contribution < 1.29 is 9.90 Å². The Morgan fingerprint density at radius 2 is 1.92 bits per heavy atom. The van der Waals surface area contributed by atoms with Crippen LogP contribution in [0.15, 0.2) is 0 Å². The van der Waals surface area contributed by atoms with Crippen molar-refractivity contribution in [3.05, 3.63) is 0 Å². The molecule has 2 aliphatic carbocycles. The fourth-order valence-electron chi connectivity index (χ4n) is 2.70. The van der Waals surface area contributed by atoms with E-state index in [0.29, 0.717) is 11.8 Å². The van der Waals surface area contributed by atoms with Gasteiger partial charge >= 0.3 is 5.97 Å². The Bertz CT molecular complexity index is 195. The molecule has 12 heavy (non-hydrogen) atoms. The lowest BCUT2D eigenvalue weighted by Gasteiger charge is -2.23. The molecule has 0 spiro atoms. The summed E-state index contributed by atoms with van der Waals surface area (Å²) in [5.41, 5.74) is 5.78. The molecule has 0 unspecified atom stereocenters. The Balaban J connectivity index is 0.000000720. The Hall–Kier alpha value is -0.280. The molecule has 0 amide bonds. The van der Waals surface area contributed by atoms with Crippen molar-refractivity contribution in [2.24, 2.45) is 23.5 Å². The van der Waals surface area contributed by atoms with Gasteiger partial charge in [-0.25, -0.2) is 0 Å². The van der Waals surface area contributed by atoms with Crippen molar-refractivity contribution in [1.82, 2.24) is 0 Å². The Labute approximate surface area is 77.7 Å². The molecular formula is C8H14ClNO2. The summed E-state index contributed by atoms with van der Waals surface area (Å²) in [7, 11) is 0. The van der Waals surface area contributed by atoms with Gasteiger partial charge in [0.2, 0.25) is 0 Å². The van der Waals surface area contributed by atoms with Gasteiger partial charge < -0.3 is 10.8 Å². The molecule has 2 rings (SSSR count). The number of aliphatic carboxylic acids is 1. The molecule has 2 fully saturated rings. The SMILES string of the molecule is Cl.N[C@H]1[C@@H]2CC[C@@H](C2)[C@@H]1C(=O)O. The number of fused-ring (bicyclic) bond motifs is 2. The molecule has 0 aromatic carbocycles. The molecule has 4 atom stereocenters. The number of halogens is 1. The van der Waals surface area contributed by atoms with Crippen LogP contribution < -0.4 is 5.73 Å². The van der Waals surface area contributed by atoms with Gasteiger partial charge in [0.15, 0.2) is 0 Å². The number of hydrogen-bond donors (Lipinski definition) is 2. The van der Waals surface area contributed by atoms with E-state index in [0.717, 1.165) is 19.3 Å². The van der Waals surface area contributed by atoms with Crippen LogP contribution in [0.25, 0.3) is 0 Å². The first kappa shape index (κ1) is 9.81. The lowest BCUT2D eigenvalue weighted by atomic mass is 9.85. The van der Waals surface area contributed by atoms with E-state index in [9.17, 15) is 4.79 Å². The van der Waals surface area contributed by atoms with Crippen LogP contribution >= 0.6 is 12.4 Å². The number of carboxylic acids is 1. The Morgan fingerprint density at radius 3 is 2.25 bits per heavy atom. The van der Waals surface area contributed by atoms with E-state index in [2.05, 4.69) is 0 Å². The minimum atomic E-state index is -0.690. The zero-order valence-electron chi connectivity index (χ0n) is 6.77. The van der Waals surface area contributed by atoms with Crippen LogP contribution in [0.4, 0.5) is 0 Å². The zero-order valence-corrected chi connectivity index (χ0v) is 7.59. The molecule has 0 saturated heterocycles. The monoisotopic (exact) mass is 191 g/mol. The molecule has 3 nitrogen and oxygen atoms in total. The fraction of sp³-hybridized carbons (Fsp3) is 0.875. The van der Waals surface area contributed by atoms with Crippen molar-refractivity contribution in [2.45, 2.75) is 25.3 Å². The molecule has 4 heteroatoms. The van der Waals surface area contributed by atoms with Gasteiger partial charge in [0.05, 0.1) is 5.92 Å². The number of nitrogens with two attached hydrogens (primary N) is 1. The lowest BCUT2D eigenvalue weighted by Crippen LogP contribution is -2.40. The second-order valence-electron chi connectivity index (χ2n) is 3.77. The molecule has 2 saturated carbocycles. The highest BCUT2D eigenvalue weighted by atomic mass is 35.5. The van der Waals surface area contributed by atoms with Gasteiger partial charge in [-0.3, -0.25) is 4.79 Å². The summed E-state index contributed by atoms with van der Waals surface area (Å²) in [6.45, 7) is 0. The van der Waals surface area contributed by atoms with Gasteiger partial charge in [-0.05, 0) is 31.1 Å². The van der Waals surface area contributed by atoms with Gasteiger partial charge in [0.1, 0.15) is 0 Å². The van der Waals surface area contributed by atoms with E-state index >= 15 is 0 Å². The van der Waals surface area contributed by atoms with Crippen LogP contribution in [0.2, 0.25) is 0 Å². The van der Waals surface area contributed by atoms with E-state index in [1.165, 1.54) is 0 Å². The van der Waals surface area contributed by atoms with Crippen molar-refractivity contribution in [3.63, 3.8) is 0 Å². The standard InChI is InChI=1S/C8H13NO2.ClH/c9-7-5-2-1-4(3-5)6(7)8(10)11;/h4-7H,1-3,9H2,(H,10,11);1H/t4-,5+,6-,7-;/m0./s1. The highest BCUT2D eigenvalue weighted by Crippen LogP contribution is 2.47. The lowest BCUT2D eigenvalue weighted by molar-refractivity contribution is -0.144. The van der Waals surface area contributed by atoms with E-state index in [4.69, 9.17) is 10.8 Å². The third-order valence-corrected chi connectivity index (χ3v) is 3.27. The summed E-state index contributed by atoms with van der Waals surface area (Å²) in [5.74, 6) is -0.0490. The second-order valence-corrected chi connectivity index (χ2v) is 3.77. The van der Waals surface area contributed by atoms with E-state index in [1.54, 1.807) is 0 Å². The van der Waals surface area contributed by atoms with Crippen LogP contribution in [-0.4, -0.2) is 17.1 Å². The van der Waals surface area contributed by atoms with E-state index in [1.807, 2.05) is 0 Å². The summed E-state index contributed by atoms with van der Waals surface area (Å²) in [6, 6.07) is -0.0637. The maximum Gasteiger partial charge on any atom is 0.308 e. The average molecular weight is 192 g/mol. The minimum Gasteiger partial charge on any atom is -0.481 e. The van der Waals surface area contributed by atoms with Crippen LogP contribution in [-0.2, 0) is 4.79 Å². The first-order chi connectivity index (χ1) is 5.20. The molecule has 70 valence electrons. The minimum absolute atomic E-state index is 0. The summed E-state index contributed by atoms with van der Waals surface area (Å²) in [4.78, 5) is 10.7. The molecular weight excluding hydrogens is 178 g/mol. The number of carbonyl (C=O) groups is 1. The van der Waals surface area contributed by atoms with Gasteiger partial charge in [0, 0.05) is 6.04 Å². The average Bonchev–Trinajstić information content (AvgIpc) is 2.44. The summed E-state index contributed by atoms with van der Waals surface area (Å²) < 4.78 is 0. The molecule has 3 N–H and O–H groups in total. The normalized spacial score (nSPS) is 44.1. The first-order valence-electron chi connectivity index (χ1n) is 4.18. The number of rotatable bonds is 1. The van der Waals surface area contributed by atoms with E-state index < -0.39 is 5.97 Å². The van der Waals surface area contributed by atoms with Gasteiger partial charge in [-0.1, -0.05) is 0 Å². The van der Waals surface area contributed by atoms with Crippen molar-refractivity contribution in [3.8, 4) is 0 Å². The first-order valence-corrected chi connectivity index (χ1v) is 4.18. The van der Waals surface area contributed by atoms with Crippen LogP contribution in [0, 0.1) is 17.8 Å².